The second-order valence-electron chi connectivity index (χ2n) is 12.0. The third kappa shape index (κ3) is 4.08. The van der Waals surface area contributed by atoms with E-state index >= 15 is 0 Å². The van der Waals surface area contributed by atoms with Gasteiger partial charge in [-0.3, -0.25) is 0 Å². The molecule has 1 aromatic carbocycles. The van der Waals surface area contributed by atoms with Gasteiger partial charge < -0.3 is 15.1 Å². The molecule has 3 saturated heterocycles. The summed E-state index contributed by atoms with van der Waals surface area (Å²) in [6.07, 6.45) is 11.6. The molecular formula is C26H39N5O3S. The Morgan fingerprint density at radius 2 is 1.46 bits per heavy atom. The second-order valence-corrected chi connectivity index (χ2v) is 13.6. The first-order chi connectivity index (χ1) is 16.7. The minimum atomic E-state index is -3.82. The molecule has 7 rings (SSSR count). The predicted molar refractivity (Wildman–Crippen MR) is 137 cm³/mol. The van der Waals surface area contributed by atoms with Crippen molar-refractivity contribution in [2.24, 2.45) is 5.41 Å². The molecule has 192 valence electrons. The van der Waals surface area contributed by atoms with Crippen LogP contribution in [0.4, 0.5) is 10.5 Å². The number of likely N-dealkylation sites (tertiary alicyclic amines) is 2. The number of benzene rings is 1. The van der Waals surface area contributed by atoms with Crippen molar-refractivity contribution >= 4 is 21.9 Å². The van der Waals surface area contributed by atoms with Crippen LogP contribution in [0, 0.1) is 5.41 Å². The fraction of sp³-hybridized carbons (Fsp3) is 0.731. The van der Waals surface area contributed by atoms with E-state index in [4.69, 9.17) is 0 Å². The van der Waals surface area contributed by atoms with Gasteiger partial charge >= 0.3 is 16.2 Å². The molecule has 0 atom stereocenters. The molecule has 0 unspecified atom stereocenters. The predicted octanol–water partition coefficient (Wildman–Crippen LogP) is 2.52. The van der Waals surface area contributed by atoms with Crippen LogP contribution in [0.1, 0.15) is 60.8 Å². The lowest BCUT2D eigenvalue weighted by molar-refractivity contribution is -0.0603. The number of hydrogen-bond donors (Lipinski definition) is 2. The van der Waals surface area contributed by atoms with Gasteiger partial charge in [0.2, 0.25) is 0 Å². The summed E-state index contributed by atoms with van der Waals surface area (Å²) in [5.41, 5.74) is 6.42. The minimum Gasteiger partial charge on any atom is -0.307 e. The van der Waals surface area contributed by atoms with Crippen molar-refractivity contribution in [3.8, 4) is 0 Å². The van der Waals surface area contributed by atoms with Gasteiger partial charge in [-0.25, -0.2) is 9.52 Å². The van der Waals surface area contributed by atoms with Gasteiger partial charge in [0.15, 0.2) is 0 Å². The molecule has 9 heteroatoms. The van der Waals surface area contributed by atoms with E-state index < -0.39 is 16.2 Å². The number of urea groups is 1. The van der Waals surface area contributed by atoms with Crippen LogP contribution in [0.2, 0.25) is 0 Å². The number of likely N-dealkylation sites (N-methyl/N-ethyl adjacent to an activating group) is 1. The lowest BCUT2D eigenvalue weighted by atomic mass is 9.64. The van der Waals surface area contributed by atoms with E-state index in [-0.39, 0.29) is 5.54 Å². The fourth-order valence-electron chi connectivity index (χ4n) is 7.54. The maximum atomic E-state index is 12.7. The summed E-state index contributed by atoms with van der Waals surface area (Å²) in [5.74, 6) is 0. The fourth-order valence-corrected chi connectivity index (χ4v) is 8.98. The molecule has 2 N–H and O–H groups in total. The Morgan fingerprint density at radius 1 is 0.857 bits per heavy atom. The normalized spacial score (nSPS) is 25.9. The third-order valence-electron chi connectivity index (χ3n) is 9.29. The first kappa shape index (κ1) is 23.7. The van der Waals surface area contributed by atoms with Crippen LogP contribution in [0.3, 0.4) is 0 Å². The summed E-state index contributed by atoms with van der Waals surface area (Å²) in [7, 11) is 0.371. The lowest BCUT2D eigenvalue weighted by Gasteiger charge is -2.60. The zero-order valence-electron chi connectivity index (χ0n) is 21.2. The first-order valence-electron chi connectivity index (χ1n) is 13.3. The zero-order valence-corrected chi connectivity index (χ0v) is 22.0. The molecule has 4 fully saturated rings. The highest BCUT2D eigenvalue weighted by atomic mass is 32.2. The molecule has 2 amide bonds. The van der Waals surface area contributed by atoms with E-state index in [1.54, 1.807) is 0 Å². The Hall–Kier alpha value is -1.68. The van der Waals surface area contributed by atoms with Crippen LogP contribution >= 0.6 is 0 Å². The van der Waals surface area contributed by atoms with Crippen molar-refractivity contribution in [2.45, 2.75) is 69.7 Å². The molecule has 1 aromatic rings. The van der Waals surface area contributed by atoms with Crippen LogP contribution in [-0.2, 0) is 35.9 Å². The molecule has 0 radical (unpaired) electrons. The Morgan fingerprint density at radius 3 is 1.89 bits per heavy atom. The number of carbonyl (C=O) groups is 1. The van der Waals surface area contributed by atoms with Gasteiger partial charge in [-0.1, -0.05) is 12.5 Å². The number of anilines is 1. The number of hydrogen-bond acceptors (Lipinski definition) is 5. The summed E-state index contributed by atoms with van der Waals surface area (Å²) >= 11 is 0. The highest BCUT2D eigenvalue weighted by molar-refractivity contribution is 7.87. The smallest absolute Gasteiger partial charge is 0.307 e. The number of carbonyl (C=O) groups excluding carboxylic acids is 1. The quantitative estimate of drug-likeness (QED) is 0.665. The molecule has 1 saturated carbocycles. The van der Waals surface area contributed by atoms with Crippen molar-refractivity contribution in [1.29, 1.82) is 0 Å². The minimum absolute atomic E-state index is 0.309. The number of fused-ring (bicyclic) bond motifs is 2. The summed E-state index contributed by atoms with van der Waals surface area (Å²) < 4.78 is 29.2. The second kappa shape index (κ2) is 8.43. The summed E-state index contributed by atoms with van der Waals surface area (Å²) in [6, 6.07) is 1.65. The van der Waals surface area contributed by atoms with Crippen molar-refractivity contribution < 1.29 is 13.2 Å². The molecular weight excluding hydrogens is 462 g/mol. The van der Waals surface area contributed by atoms with Crippen molar-refractivity contribution in [1.82, 2.24) is 18.8 Å². The molecule has 3 aliphatic carbocycles. The van der Waals surface area contributed by atoms with E-state index in [9.17, 15) is 13.2 Å². The summed E-state index contributed by atoms with van der Waals surface area (Å²) in [4.78, 5) is 17.1. The van der Waals surface area contributed by atoms with Gasteiger partial charge in [-0.2, -0.15) is 12.7 Å². The summed E-state index contributed by atoms with van der Waals surface area (Å²) in [6.45, 7) is 4.71. The van der Waals surface area contributed by atoms with Crippen LogP contribution in [-0.4, -0.2) is 80.9 Å². The Balaban J connectivity index is 0.000000240. The molecule has 35 heavy (non-hydrogen) atoms. The molecule has 3 aliphatic heterocycles. The number of rotatable bonds is 3. The Bertz CT molecular complexity index is 1100. The van der Waals surface area contributed by atoms with Gasteiger partial charge in [0.1, 0.15) is 0 Å². The van der Waals surface area contributed by atoms with Crippen molar-refractivity contribution in [3.05, 3.63) is 28.3 Å². The number of amides is 2. The Kier molecular flexibility index (Phi) is 5.71. The molecule has 2 spiro atoms. The van der Waals surface area contributed by atoms with Crippen molar-refractivity contribution in [2.75, 3.05) is 52.1 Å². The van der Waals surface area contributed by atoms with Crippen LogP contribution in [0.15, 0.2) is 6.07 Å². The molecule has 3 heterocycles. The average molecular weight is 502 g/mol. The largest absolute Gasteiger partial charge is 0.333 e. The van der Waals surface area contributed by atoms with E-state index in [0.717, 1.165) is 69.1 Å². The number of aryl methyl sites for hydroxylation is 2. The van der Waals surface area contributed by atoms with Gasteiger partial charge in [0.05, 0.1) is 5.54 Å². The van der Waals surface area contributed by atoms with Crippen LogP contribution in [0.5, 0.6) is 0 Å². The first-order valence-corrected chi connectivity index (χ1v) is 14.8. The molecule has 6 aliphatic rings. The highest BCUT2D eigenvalue weighted by Crippen LogP contribution is 2.47. The van der Waals surface area contributed by atoms with Gasteiger partial charge in [0, 0.05) is 38.4 Å². The molecule has 0 aromatic heterocycles. The third-order valence-corrected chi connectivity index (χ3v) is 10.9. The standard InChI is InChI=1S/C19H26N4O3S.C7H13N/c1-22-11-19(12-22)8-9-23(19)27(25,26)21-18(24)20-17-15-6-2-4-13(15)10-14-5-3-7-16(14)17;1-8-5-7(6-8)3-2-4-7/h10H,2-9,11-12H2,1H3,(H2,20,21,24);2-6H2,1H3. The lowest BCUT2D eigenvalue weighted by Crippen LogP contribution is -2.78. The molecule has 0 bridgehead atoms. The van der Waals surface area contributed by atoms with Crippen LogP contribution in [0.25, 0.3) is 0 Å². The van der Waals surface area contributed by atoms with E-state index in [1.165, 1.54) is 58.9 Å². The van der Waals surface area contributed by atoms with E-state index in [0.29, 0.717) is 6.54 Å². The van der Waals surface area contributed by atoms with Crippen molar-refractivity contribution in [3.63, 3.8) is 0 Å². The maximum Gasteiger partial charge on any atom is 0.333 e. The Labute approximate surface area is 209 Å². The van der Waals surface area contributed by atoms with E-state index in [2.05, 4.69) is 33.0 Å². The highest BCUT2D eigenvalue weighted by Gasteiger charge is 2.57. The van der Waals surface area contributed by atoms with Gasteiger partial charge in [0.25, 0.3) is 0 Å². The number of nitrogens with one attached hydrogen (secondary N) is 2. The number of nitrogens with zero attached hydrogens (tertiary/aromatic N) is 3. The van der Waals surface area contributed by atoms with Gasteiger partial charge in [-0.05, 0) is 99.6 Å². The monoisotopic (exact) mass is 501 g/mol. The van der Waals surface area contributed by atoms with Gasteiger partial charge in [-0.15, -0.1) is 0 Å². The summed E-state index contributed by atoms with van der Waals surface area (Å²) in [5, 5.41) is 2.91. The van der Waals surface area contributed by atoms with Crippen LogP contribution < -0.4 is 10.0 Å². The average Bonchev–Trinajstić information content (AvgIpc) is 3.35. The SMILES string of the molecule is CN1CC2(CCC2)C1.CN1CC2(CCN2S(=O)(=O)NC(=O)Nc2c3c(cc4c2CCC4)CCC3)C1. The van der Waals surface area contributed by atoms with E-state index in [1.807, 2.05) is 7.05 Å². The maximum absolute atomic E-state index is 12.7. The zero-order chi connectivity index (χ0) is 24.4. The molecule has 8 nitrogen and oxygen atoms in total. The topological polar surface area (TPSA) is 85.0 Å².